The molecule has 1 saturated heterocycles. The Morgan fingerprint density at radius 1 is 0.927 bits per heavy atom. The molecule has 41 heavy (non-hydrogen) atoms. The van der Waals surface area contributed by atoms with Crippen LogP contribution in [-0.2, 0) is 26.3 Å². The van der Waals surface area contributed by atoms with Crippen molar-refractivity contribution in [2.45, 2.75) is 44.2 Å². The molecule has 1 fully saturated rings. The molecule has 3 amide bonds. The summed E-state index contributed by atoms with van der Waals surface area (Å²) in [6.45, 7) is 2.63. The molecule has 0 saturated carbocycles. The lowest BCUT2D eigenvalue weighted by atomic mass is 9.82. The lowest BCUT2D eigenvalue weighted by Gasteiger charge is -2.28. The fourth-order valence-electron chi connectivity index (χ4n) is 5.02. The van der Waals surface area contributed by atoms with Crippen molar-refractivity contribution in [2.75, 3.05) is 19.7 Å². The molecular weight excluding hydrogens is 518 g/mol. The maximum Gasteiger partial charge on any atom is 0.407 e. The number of nitrogens with zero attached hydrogens (tertiary/aromatic N) is 1. The van der Waals surface area contributed by atoms with E-state index in [1.807, 2.05) is 91.0 Å². The molecule has 9 heteroatoms. The number of amides is 3. The highest BCUT2D eigenvalue weighted by atomic mass is 16.5. The fraction of sp³-hybridized carbons (Fsp3) is 0.312. The van der Waals surface area contributed by atoms with Crippen LogP contribution in [0.4, 0.5) is 4.79 Å². The SMILES string of the molecule is CCOC(=O)N[C@@H](CCc1ccccc1)C(=O)NCCCCN1C(=N)NC(c2ccccc2)(c2ccccc2)C1=O. The lowest BCUT2D eigenvalue weighted by molar-refractivity contribution is -0.130. The first-order valence-corrected chi connectivity index (χ1v) is 14.0. The largest absolute Gasteiger partial charge is 0.450 e. The Balaban J connectivity index is 1.33. The zero-order valence-corrected chi connectivity index (χ0v) is 23.3. The van der Waals surface area contributed by atoms with Gasteiger partial charge >= 0.3 is 6.09 Å². The number of unbranched alkanes of at least 4 members (excludes halogenated alkanes) is 1. The average Bonchev–Trinajstić information content (AvgIpc) is 3.26. The van der Waals surface area contributed by atoms with E-state index in [0.29, 0.717) is 38.8 Å². The number of rotatable bonds is 13. The summed E-state index contributed by atoms with van der Waals surface area (Å²) in [5, 5.41) is 17.3. The van der Waals surface area contributed by atoms with Gasteiger partial charge in [-0.3, -0.25) is 19.9 Å². The van der Waals surface area contributed by atoms with E-state index in [2.05, 4.69) is 16.0 Å². The molecule has 1 atom stereocenters. The molecule has 1 heterocycles. The highest BCUT2D eigenvalue weighted by molar-refractivity contribution is 6.10. The van der Waals surface area contributed by atoms with Gasteiger partial charge in [0.2, 0.25) is 5.91 Å². The summed E-state index contributed by atoms with van der Waals surface area (Å²) in [6.07, 6.45) is 1.61. The van der Waals surface area contributed by atoms with Crippen LogP contribution in [0.25, 0.3) is 0 Å². The van der Waals surface area contributed by atoms with Crippen molar-refractivity contribution >= 4 is 23.9 Å². The van der Waals surface area contributed by atoms with Gasteiger partial charge in [0.15, 0.2) is 11.5 Å². The van der Waals surface area contributed by atoms with Crippen LogP contribution in [0, 0.1) is 5.41 Å². The maximum atomic E-state index is 13.8. The minimum atomic E-state index is -1.17. The predicted molar refractivity (Wildman–Crippen MR) is 157 cm³/mol. The number of hydrogen-bond acceptors (Lipinski definition) is 5. The third-order valence-corrected chi connectivity index (χ3v) is 7.11. The molecule has 0 aliphatic carbocycles. The molecule has 4 rings (SSSR count). The van der Waals surface area contributed by atoms with Gasteiger partial charge in [0.25, 0.3) is 5.91 Å². The molecular formula is C32H37N5O4. The summed E-state index contributed by atoms with van der Waals surface area (Å²) >= 11 is 0. The molecule has 3 aromatic carbocycles. The third-order valence-electron chi connectivity index (χ3n) is 7.11. The molecule has 214 valence electrons. The number of aryl methyl sites for hydroxylation is 1. The van der Waals surface area contributed by atoms with Crippen LogP contribution >= 0.6 is 0 Å². The quantitative estimate of drug-likeness (QED) is 0.238. The van der Waals surface area contributed by atoms with Crippen LogP contribution < -0.4 is 16.0 Å². The first-order valence-electron chi connectivity index (χ1n) is 14.0. The van der Waals surface area contributed by atoms with Gasteiger partial charge in [-0.1, -0.05) is 91.0 Å². The normalized spacial score (nSPS) is 14.7. The van der Waals surface area contributed by atoms with Gasteiger partial charge < -0.3 is 20.7 Å². The Morgan fingerprint density at radius 2 is 1.51 bits per heavy atom. The smallest absolute Gasteiger partial charge is 0.407 e. The highest BCUT2D eigenvalue weighted by Gasteiger charge is 2.51. The predicted octanol–water partition coefficient (Wildman–Crippen LogP) is 3.94. The first-order chi connectivity index (χ1) is 20.0. The topological polar surface area (TPSA) is 124 Å². The third kappa shape index (κ3) is 7.11. The van der Waals surface area contributed by atoms with Gasteiger partial charge in [0.05, 0.1) is 6.61 Å². The minimum Gasteiger partial charge on any atom is -0.450 e. The van der Waals surface area contributed by atoms with Crippen LogP contribution in [0.3, 0.4) is 0 Å². The Morgan fingerprint density at radius 3 is 2.10 bits per heavy atom. The molecule has 9 nitrogen and oxygen atoms in total. The second-order valence-corrected chi connectivity index (χ2v) is 9.85. The van der Waals surface area contributed by atoms with Crippen molar-refractivity contribution in [3.8, 4) is 0 Å². The molecule has 0 spiro atoms. The molecule has 0 bridgehead atoms. The Kier molecular flexibility index (Phi) is 10.1. The lowest BCUT2D eigenvalue weighted by Crippen LogP contribution is -2.47. The van der Waals surface area contributed by atoms with Gasteiger partial charge in [-0.2, -0.15) is 0 Å². The van der Waals surface area contributed by atoms with E-state index in [1.54, 1.807) is 6.92 Å². The van der Waals surface area contributed by atoms with Crippen molar-refractivity contribution in [1.29, 1.82) is 5.41 Å². The fourth-order valence-corrected chi connectivity index (χ4v) is 5.02. The number of hydrogen-bond donors (Lipinski definition) is 4. The van der Waals surface area contributed by atoms with Crippen molar-refractivity contribution in [3.63, 3.8) is 0 Å². The molecule has 4 N–H and O–H groups in total. The highest BCUT2D eigenvalue weighted by Crippen LogP contribution is 2.35. The molecule has 1 aliphatic heterocycles. The number of carbonyl (C=O) groups is 3. The maximum absolute atomic E-state index is 13.8. The molecule has 0 aromatic heterocycles. The average molecular weight is 556 g/mol. The van der Waals surface area contributed by atoms with Crippen LogP contribution in [0.2, 0.25) is 0 Å². The summed E-state index contributed by atoms with van der Waals surface area (Å²) in [5.74, 6) is -0.442. The summed E-state index contributed by atoms with van der Waals surface area (Å²) in [6, 6.07) is 27.9. The second kappa shape index (κ2) is 14.1. The van der Waals surface area contributed by atoms with E-state index in [0.717, 1.165) is 16.7 Å². The molecule has 3 aromatic rings. The Labute approximate surface area is 240 Å². The molecule has 0 radical (unpaired) electrons. The van der Waals surface area contributed by atoms with Gasteiger partial charge in [-0.25, -0.2) is 4.79 Å². The van der Waals surface area contributed by atoms with Crippen LogP contribution in [0.1, 0.15) is 42.9 Å². The number of carbonyl (C=O) groups excluding carboxylic acids is 3. The Hall–Kier alpha value is -4.66. The van der Waals surface area contributed by atoms with E-state index < -0.39 is 17.7 Å². The minimum absolute atomic E-state index is 0.0476. The number of guanidine groups is 1. The van der Waals surface area contributed by atoms with Gasteiger partial charge in [0, 0.05) is 13.1 Å². The van der Waals surface area contributed by atoms with Crippen LogP contribution in [0.5, 0.6) is 0 Å². The number of nitrogens with one attached hydrogen (secondary N) is 4. The van der Waals surface area contributed by atoms with E-state index in [9.17, 15) is 14.4 Å². The van der Waals surface area contributed by atoms with Crippen molar-refractivity contribution in [2.24, 2.45) is 0 Å². The van der Waals surface area contributed by atoms with Crippen LogP contribution in [0.15, 0.2) is 91.0 Å². The van der Waals surface area contributed by atoms with E-state index in [1.165, 1.54) is 4.90 Å². The molecule has 0 unspecified atom stereocenters. The summed E-state index contributed by atoms with van der Waals surface area (Å²) in [7, 11) is 0. The standard InChI is InChI=1S/C32H37N5O4/c1-2-41-31(40)35-27(21-20-24-14-6-3-7-15-24)28(38)34-22-12-13-23-37-29(39)32(36-30(37)33,25-16-8-4-9-17-25)26-18-10-5-11-19-26/h3-11,14-19,27H,2,12-13,20-23H2,1H3,(H2,33,36)(H,34,38)(H,35,40)/t27-/m0/s1. The Bertz CT molecular complexity index is 1280. The van der Waals surface area contributed by atoms with Gasteiger partial charge in [-0.15, -0.1) is 0 Å². The first kappa shape index (κ1) is 29.3. The van der Waals surface area contributed by atoms with Crippen molar-refractivity contribution in [3.05, 3.63) is 108 Å². The zero-order valence-electron chi connectivity index (χ0n) is 23.3. The van der Waals surface area contributed by atoms with Crippen molar-refractivity contribution < 1.29 is 19.1 Å². The zero-order chi connectivity index (χ0) is 29.1. The van der Waals surface area contributed by atoms with Gasteiger partial charge in [0.1, 0.15) is 6.04 Å². The van der Waals surface area contributed by atoms with E-state index in [-0.39, 0.29) is 24.4 Å². The van der Waals surface area contributed by atoms with Gasteiger partial charge in [-0.05, 0) is 49.3 Å². The summed E-state index contributed by atoms with van der Waals surface area (Å²) in [5.41, 5.74) is 1.44. The van der Waals surface area contributed by atoms with Crippen LogP contribution in [-0.4, -0.2) is 54.5 Å². The van der Waals surface area contributed by atoms with Crippen molar-refractivity contribution in [1.82, 2.24) is 20.9 Å². The number of alkyl carbamates (subject to hydrolysis) is 1. The van der Waals surface area contributed by atoms with E-state index >= 15 is 0 Å². The van der Waals surface area contributed by atoms with E-state index in [4.69, 9.17) is 10.1 Å². The summed E-state index contributed by atoms with van der Waals surface area (Å²) < 4.78 is 4.98. The molecule has 1 aliphatic rings. The number of benzene rings is 3. The monoisotopic (exact) mass is 555 g/mol. The summed E-state index contributed by atoms with van der Waals surface area (Å²) in [4.78, 5) is 40.3. The number of ether oxygens (including phenoxy) is 1. The second-order valence-electron chi connectivity index (χ2n) is 9.85.